The van der Waals surface area contributed by atoms with Crippen molar-refractivity contribution in [3.05, 3.63) is 98.8 Å². The van der Waals surface area contributed by atoms with Crippen LogP contribution in [0, 0.1) is 0 Å². The number of phenols is 2. The molecule has 5 rings (SSSR count). The van der Waals surface area contributed by atoms with E-state index in [-0.39, 0.29) is 53.6 Å². The van der Waals surface area contributed by atoms with Crippen molar-refractivity contribution < 1.29 is 34.2 Å². The topological polar surface area (TPSA) is 150 Å². The van der Waals surface area contributed by atoms with E-state index < -0.39 is 11.8 Å². The Bertz CT molecular complexity index is 1590. The van der Waals surface area contributed by atoms with Crippen LogP contribution >= 0.6 is 0 Å². The highest BCUT2D eigenvalue weighted by Crippen LogP contribution is 2.33. The summed E-state index contributed by atoms with van der Waals surface area (Å²) in [4.78, 5) is 36.0. The first kappa shape index (κ1) is 26.8. The molecule has 9 heteroatoms. The number of benzene rings is 3. The Morgan fingerprint density at radius 3 is 2.35 bits per heavy atom. The Kier molecular flexibility index (Phi) is 7.72. The van der Waals surface area contributed by atoms with Gasteiger partial charge in [0.25, 0.3) is 5.56 Å². The van der Waals surface area contributed by atoms with Gasteiger partial charge < -0.3 is 24.6 Å². The van der Waals surface area contributed by atoms with Gasteiger partial charge in [0, 0.05) is 35.6 Å². The van der Waals surface area contributed by atoms with E-state index in [4.69, 9.17) is 9.26 Å². The predicted molar refractivity (Wildman–Crippen MR) is 146 cm³/mol. The van der Waals surface area contributed by atoms with Gasteiger partial charge in [-0.2, -0.15) is 5.16 Å². The second-order valence-electron chi connectivity index (χ2n) is 10.0. The average molecular weight is 544 g/mol. The third-order valence-corrected chi connectivity index (χ3v) is 7.15. The SMILES string of the molecule is O=C(O)CCc1cc(C(=O)c2ccc(OC3CCCC3)cc2O)cc(O)c1Cc1ccc(-c2cc(=O)[nH]o2)cc1. The summed E-state index contributed by atoms with van der Waals surface area (Å²) in [6.45, 7) is 0. The molecule has 1 aliphatic rings. The Balaban J connectivity index is 1.40. The summed E-state index contributed by atoms with van der Waals surface area (Å²) in [6.07, 6.45) is 4.44. The minimum absolute atomic E-state index is 0.0575. The minimum Gasteiger partial charge on any atom is -0.508 e. The van der Waals surface area contributed by atoms with Gasteiger partial charge in [-0.05, 0) is 67.5 Å². The molecular formula is C31H29NO8. The number of carboxylic acids is 1. The lowest BCUT2D eigenvalue weighted by atomic mass is 9.91. The van der Waals surface area contributed by atoms with Crippen LogP contribution in [0.3, 0.4) is 0 Å². The van der Waals surface area contributed by atoms with Gasteiger partial charge in [-0.15, -0.1) is 0 Å². The summed E-state index contributed by atoms with van der Waals surface area (Å²) in [6, 6.07) is 16.0. The number of hydrogen-bond acceptors (Lipinski definition) is 7. The van der Waals surface area contributed by atoms with Crippen molar-refractivity contribution >= 4 is 11.8 Å². The molecule has 1 fully saturated rings. The number of aromatic hydroxyl groups is 2. The summed E-state index contributed by atoms with van der Waals surface area (Å²) < 4.78 is 11.0. The number of aromatic nitrogens is 1. The number of phenolic OH excluding ortho intramolecular Hbond substituents is 2. The molecule has 0 bridgehead atoms. The van der Waals surface area contributed by atoms with Crippen molar-refractivity contribution in [3.63, 3.8) is 0 Å². The zero-order valence-corrected chi connectivity index (χ0v) is 21.7. The number of aryl methyl sites for hydroxylation is 1. The summed E-state index contributed by atoms with van der Waals surface area (Å²) in [5, 5.41) is 33.1. The standard InChI is InChI=1S/C31H29NO8/c33-26-15-21(31(38)24-11-10-23(16-27(24)34)39-22-3-1-2-4-22)14-20(9-12-30(36)37)25(26)13-18-5-7-19(8-6-18)28-17-29(35)32-40-28/h5-8,10-11,14-17,22,33-34H,1-4,9,12-13H2,(H,32,35)(H,36,37). The molecule has 4 aromatic rings. The monoisotopic (exact) mass is 543 g/mol. The number of aromatic amines is 1. The summed E-state index contributed by atoms with van der Waals surface area (Å²) in [7, 11) is 0. The van der Waals surface area contributed by atoms with E-state index in [1.54, 1.807) is 24.3 Å². The van der Waals surface area contributed by atoms with E-state index in [0.29, 0.717) is 28.2 Å². The predicted octanol–water partition coefficient (Wildman–Crippen LogP) is 5.21. The molecule has 3 aromatic carbocycles. The fourth-order valence-electron chi connectivity index (χ4n) is 5.06. The molecule has 0 saturated heterocycles. The highest BCUT2D eigenvalue weighted by atomic mass is 16.5. The zero-order chi connectivity index (χ0) is 28.2. The highest BCUT2D eigenvalue weighted by Gasteiger charge is 2.21. The van der Waals surface area contributed by atoms with Crippen LogP contribution in [0.2, 0.25) is 0 Å². The average Bonchev–Trinajstić information content (AvgIpc) is 3.61. The Labute approximate surface area is 229 Å². The van der Waals surface area contributed by atoms with Gasteiger partial charge in [0.2, 0.25) is 0 Å². The quantitative estimate of drug-likeness (QED) is 0.199. The zero-order valence-electron chi connectivity index (χ0n) is 21.7. The van der Waals surface area contributed by atoms with Crippen LogP contribution in [0.1, 0.15) is 64.7 Å². The van der Waals surface area contributed by atoms with Crippen molar-refractivity contribution in [2.75, 3.05) is 0 Å². The lowest BCUT2D eigenvalue weighted by molar-refractivity contribution is -0.136. The maximum Gasteiger partial charge on any atom is 0.303 e. The van der Waals surface area contributed by atoms with Crippen LogP contribution in [-0.4, -0.2) is 38.3 Å². The molecule has 40 heavy (non-hydrogen) atoms. The van der Waals surface area contributed by atoms with Crippen LogP contribution in [0.5, 0.6) is 17.2 Å². The first-order valence-electron chi connectivity index (χ1n) is 13.2. The van der Waals surface area contributed by atoms with E-state index in [1.165, 1.54) is 24.3 Å². The van der Waals surface area contributed by atoms with Crippen LogP contribution in [0.15, 0.2) is 70.0 Å². The molecule has 1 saturated carbocycles. The van der Waals surface area contributed by atoms with E-state index in [2.05, 4.69) is 5.16 Å². The van der Waals surface area contributed by atoms with Gasteiger partial charge in [0.15, 0.2) is 11.5 Å². The molecule has 1 heterocycles. The molecule has 0 spiro atoms. The van der Waals surface area contributed by atoms with Crippen molar-refractivity contribution in [1.29, 1.82) is 0 Å². The van der Waals surface area contributed by atoms with Gasteiger partial charge in [-0.25, -0.2) is 0 Å². The molecule has 1 aliphatic carbocycles. The molecule has 0 aliphatic heterocycles. The number of carboxylic acid groups (broad SMARTS) is 1. The molecule has 9 nitrogen and oxygen atoms in total. The first-order chi connectivity index (χ1) is 19.3. The molecule has 206 valence electrons. The molecule has 4 N–H and O–H groups in total. The molecular weight excluding hydrogens is 514 g/mol. The summed E-state index contributed by atoms with van der Waals surface area (Å²) in [5.74, 6) is -0.991. The van der Waals surface area contributed by atoms with Gasteiger partial charge >= 0.3 is 5.97 Å². The van der Waals surface area contributed by atoms with Crippen molar-refractivity contribution in [2.45, 2.75) is 51.0 Å². The van der Waals surface area contributed by atoms with E-state index in [9.17, 15) is 29.7 Å². The number of nitrogens with one attached hydrogen (secondary N) is 1. The third kappa shape index (κ3) is 6.09. The number of H-pyrrole nitrogens is 1. The number of ketones is 1. The number of ether oxygens (including phenoxy) is 1. The molecule has 1 aromatic heterocycles. The Morgan fingerprint density at radius 2 is 1.70 bits per heavy atom. The van der Waals surface area contributed by atoms with Crippen LogP contribution in [0.25, 0.3) is 11.3 Å². The number of carbonyl (C=O) groups is 2. The Morgan fingerprint density at radius 1 is 0.950 bits per heavy atom. The number of hydrogen-bond donors (Lipinski definition) is 4. The van der Waals surface area contributed by atoms with Gasteiger partial charge in [-0.1, -0.05) is 24.3 Å². The lowest BCUT2D eigenvalue weighted by Crippen LogP contribution is -2.11. The van der Waals surface area contributed by atoms with E-state index in [0.717, 1.165) is 31.2 Å². The van der Waals surface area contributed by atoms with Crippen molar-refractivity contribution in [1.82, 2.24) is 5.16 Å². The number of aliphatic carboxylic acids is 1. The molecule has 0 radical (unpaired) electrons. The summed E-state index contributed by atoms with van der Waals surface area (Å²) >= 11 is 0. The molecule has 0 unspecified atom stereocenters. The van der Waals surface area contributed by atoms with Gasteiger partial charge in [-0.3, -0.25) is 14.4 Å². The lowest BCUT2D eigenvalue weighted by Gasteiger charge is -2.16. The van der Waals surface area contributed by atoms with Gasteiger partial charge in [0.1, 0.15) is 17.2 Å². The van der Waals surface area contributed by atoms with E-state index in [1.807, 2.05) is 12.1 Å². The van der Waals surface area contributed by atoms with E-state index >= 15 is 0 Å². The van der Waals surface area contributed by atoms with Crippen molar-refractivity contribution in [2.24, 2.45) is 0 Å². The largest absolute Gasteiger partial charge is 0.508 e. The van der Waals surface area contributed by atoms with Crippen LogP contribution in [0.4, 0.5) is 0 Å². The maximum atomic E-state index is 13.3. The smallest absolute Gasteiger partial charge is 0.303 e. The Hall–Kier alpha value is -4.79. The fraction of sp³-hybridized carbons (Fsp3) is 0.258. The van der Waals surface area contributed by atoms with Crippen molar-refractivity contribution in [3.8, 4) is 28.6 Å². The first-order valence-corrected chi connectivity index (χ1v) is 13.2. The highest BCUT2D eigenvalue weighted by molar-refractivity contribution is 6.11. The minimum atomic E-state index is -1.00. The van der Waals surface area contributed by atoms with Gasteiger partial charge in [0.05, 0.1) is 17.7 Å². The molecule has 0 amide bonds. The second-order valence-corrected chi connectivity index (χ2v) is 10.0. The second kappa shape index (κ2) is 11.5. The normalized spacial score (nSPS) is 13.4. The molecule has 0 atom stereocenters. The third-order valence-electron chi connectivity index (χ3n) is 7.15. The fourth-order valence-corrected chi connectivity index (χ4v) is 5.06. The van der Waals surface area contributed by atoms with Crippen LogP contribution < -0.4 is 10.3 Å². The number of carbonyl (C=O) groups excluding carboxylic acids is 1. The number of rotatable bonds is 10. The summed E-state index contributed by atoms with van der Waals surface area (Å²) in [5.41, 5.74) is 2.39. The van der Waals surface area contributed by atoms with Crippen LogP contribution in [-0.2, 0) is 17.6 Å². The maximum absolute atomic E-state index is 13.3.